The summed E-state index contributed by atoms with van der Waals surface area (Å²) in [5.41, 5.74) is -0.943. The summed E-state index contributed by atoms with van der Waals surface area (Å²) >= 11 is 0. The van der Waals surface area contributed by atoms with Gasteiger partial charge in [-0.05, 0) is 92.3 Å². The minimum absolute atomic E-state index is 0.0435. The molecule has 4 aliphatic carbocycles. The van der Waals surface area contributed by atoms with Crippen molar-refractivity contribution in [1.82, 2.24) is 0 Å². The fourth-order valence-corrected chi connectivity index (χ4v) is 9.69. The summed E-state index contributed by atoms with van der Waals surface area (Å²) < 4.78 is 11.9. The summed E-state index contributed by atoms with van der Waals surface area (Å²) in [5, 5.41) is 62.2. The highest BCUT2D eigenvalue weighted by Crippen LogP contribution is 2.73. The molecule has 196 valence electrons. The standard InChI is InChI=1S/C26H44O8/c1-23(13-28)9-15(33-22-21(31)20(30)19(29)16(11-27)34-22)10-24(2)17(23)6-7-26-8-14(4-5-18(24)26)25(3,32)12-26/h14-22,27-32H,4-13H2,1-3H3/t14-,15+,16-,17+,18-,19-,20-,21-,22-,23-,24+,25+,26-/m1/s1. The van der Waals surface area contributed by atoms with Crippen LogP contribution in [-0.4, -0.2) is 86.3 Å². The third-order valence-corrected chi connectivity index (χ3v) is 11.0. The molecule has 4 saturated carbocycles. The van der Waals surface area contributed by atoms with Crippen molar-refractivity contribution in [3.63, 3.8) is 0 Å². The topological polar surface area (TPSA) is 140 Å². The third kappa shape index (κ3) is 3.63. The van der Waals surface area contributed by atoms with Crippen LogP contribution in [0.3, 0.4) is 0 Å². The zero-order valence-corrected chi connectivity index (χ0v) is 20.8. The molecule has 0 aromatic rings. The van der Waals surface area contributed by atoms with Crippen LogP contribution in [0.4, 0.5) is 0 Å². The van der Waals surface area contributed by atoms with Gasteiger partial charge in [0.05, 0.1) is 18.3 Å². The largest absolute Gasteiger partial charge is 0.396 e. The van der Waals surface area contributed by atoms with Crippen LogP contribution in [-0.2, 0) is 9.47 Å². The molecule has 1 aliphatic heterocycles. The van der Waals surface area contributed by atoms with Gasteiger partial charge in [0.25, 0.3) is 0 Å². The minimum atomic E-state index is -1.47. The number of hydrogen-bond donors (Lipinski definition) is 6. The van der Waals surface area contributed by atoms with Gasteiger partial charge >= 0.3 is 0 Å². The molecule has 6 N–H and O–H groups in total. The van der Waals surface area contributed by atoms with Gasteiger partial charge in [-0.2, -0.15) is 0 Å². The first-order valence-corrected chi connectivity index (χ1v) is 13.2. The zero-order valence-electron chi connectivity index (χ0n) is 20.8. The van der Waals surface area contributed by atoms with E-state index < -0.39 is 42.9 Å². The molecule has 1 spiro atoms. The maximum Gasteiger partial charge on any atom is 0.186 e. The number of ether oxygens (including phenoxy) is 2. The molecule has 1 heterocycles. The van der Waals surface area contributed by atoms with Crippen molar-refractivity contribution < 1.29 is 40.1 Å². The van der Waals surface area contributed by atoms with Crippen molar-refractivity contribution in [1.29, 1.82) is 0 Å². The molecule has 8 heteroatoms. The Hall–Kier alpha value is -0.320. The van der Waals surface area contributed by atoms with Gasteiger partial charge < -0.3 is 40.1 Å². The fraction of sp³-hybridized carbons (Fsp3) is 1.00. The number of aliphatic hydroxyl groups excluding tert-OH is 5. The summed E-state index contributed by atoms with van der Waals surface area (Å²) in [6.45, 7) is 6.03. The fourth-order valence-electron chi connectivity index (χ4n) is 9.69. The molecule has 0 radical (unpaired) electrons. The Morgan fingerprint density at radius 1 is 0.882 bits per heavy atom. The predicted molar refractivity (Wildman–Crippen MR) is 122 cm³/mol. The van der Waals surface area contributed by atoms with E-state index in [1.54, 1.807) is 0 Å². The van der Waals surface area contributed by atoms with E-state index in [2.05, 4.69) is 13.8 Å². The van der Waals surface area contributed by atoms with Crippen molar-refractivity contribution in [2.45, 2.75) is 115 Å². The van der Waals surface area contributed by atoms with Crippen LogP contribution < -0.4 is 0 Å². The number of aliphatic hydroxyl groups is 6. The highest BCUT2D eigenvalue weighted by Gasteiger charge is 2.67. The van der Waals surface area contributed by atoms with Crippen LogP contribution in [0.15, 0.2) is 0 Å². The van der Waals surface area contributed by atoms with Gasteiger partial charge in [-0.3, -0.25) is 0 Å². The second-order valence-corrected chi connectivity index (χ2v) is 13.2. The highest BCUT2D eigenvalue weighted by atomic mass is 16.7. The van der Waals surface area contributed by atoms with Crippen LogP contribution >= 0.6 is 0 Å². The molecule has 2 bridgehead atoms. The first kappa shape index (κ1) is 25.3. The Morgan fingerprint density at radius 3 is 2.29 bits per heavy atom. The predicted octanol–water partition coefficient (Wildman–Crippen LogP) is 0.938. The van der Waals surface area contributed by atoms with E-state index in [4.69, 9.17) is 9.47 Å². The van der Waals surface area contributed by atoms with Gasteiger partial charge in [-0.1, -0.05) is 13.8 Å². The van der Waals surface area contributed by atoms with Gasteiger partial charge in [-0.15, -0.1) is 0 Å². The van der Waals surface area contributed by atoms with Gasteiger partial charge in [0.1, 0.15) is 24.4 Å². The third-order valence-electron chi connectivity index (χ3n) is 11.0. The average molecular weight is 485 g/mol. The molecule has 1 saturated heterocycles. The molecule has 5 rings (SSSR count). The molecule has 0 aromatic carbocycles. The normalized spacial score (nSPS) is 59.4. The lowest BCUT2D eigenvalue weighted by Gasteiger charge is -2.65. The van der Waals surface area contributed by atoms with Gasteiger partial charge in [0.2, 0.25) is 0 Å². The van der Waals surface area contributed by atoms with E-state index in [0.29, 0.717) is 24.2 Å². The van der Waals surface area contributed by atoms with E-state index in [0.717, 1.165) is 44.9 Å². The quantitative estimate of drug-likeness (QED) is 0.324. The number of hydrogen-bond acceptors (Lipinski definition) is 8. The molecule has 5 fully saturated rings. The van der Waals surface area contributed by atoms with E-state index in [9.17, 15) is 30.6 Å². The molecule has 5 aliphatic rings. The second kappa shape index (κ2) is 8.35. The summed E-state index contributed by atoms with van der Waals surface area (Å²) in [4.78, 5) is 0. The molecular formula is C26H44O8. The number of fused-ring (bicyclic) bond motifs is 3. The van der Waals surface area contributed by atoms with Crippen LogP contribution in [0, 0.1) is 34.0 Å². The number of rotatable bonds is 4. The molecule has 13 atom stereocenters. The molecular weight excluding hydrogens is 440 g/mol. The van der Waals surface area contributed by atoms with Crippen molar-refractivity contribution in [2.75, 3.05) is 13.2 Å². The Balaban J connectivity index is 1.42. The smallest absolute Gasteiger partial charge is 0.186 e. The Bertz CT molecular complexity index is 774. The summed E-state index contributed by atoms with van der Waals surface area (Å²) in [6.07, 6.45) is 0.692. The van der Waals surface area contributed by atoms with Gasteiger partial charge in [0, 0.05) is 6.61 Å². The van der Waals surface area contributed by atoms with E-state index in [-0.39, 0.29) is 29.0 Å². The van der Waals surface area contributed by atoms with E-state index in [1.165, 1.54) is 0 Å². The van der Waals surface area contributed by atoms with Crippen LogP contribution in [0.25, 0.3) is 0 Å². The summed E-state index contributed by atoms with van der Waals surface area (Å²) in [7, 11) is 0. The van der Waals surface area contributed by atoms with Crippen molar-refractivity contribution in [3.8, 4) is 0 Å². The van der Waals surface area contributed by atoms with Gasteiger partial charge in [-0.25, -0.2) is 0 Å². The molecule has 34 heavy (non-hydrogen) atoms. The Labute approximate surface area is 202 Å². The van der Waals surface area contributed by atoms with Crippen molar-refractivity contribution >= 4 is 0 Å². The first-order valence-electron chi connectivity index (χ1n) is 13.2. The molecule has 0 unspecified atom stereocenters. The lowest BCUT2D eigenvalue weighted by atomic mass is 9.40. The summed E-state index contributed by atoms with van der Waals surface area (Å²) in [5.74, 6) is 1.12. The van der Waals surface area contributed by atoms with E-state index in [1.807, 2.05) is 6.92 Å². The molecule has 0 amide bonds. The first-order chi connectivity index (χ1) is 15.9. The zero-order chi connectivity index (χ0) is 24.7. The lowest BCUT2D eigenvalue weighted by Crippen LogP contribution is -2.62. The molecule has 0 aromatic heterocycles. The Kier molecular flexibility index (Phi) is 6.22. The highest BCUT2D eigenvalue weighted by molar-refractivity contribution is 5.17. The van der Waals surface area contributed by atoms with Crippen LogP contribution in [0.1, 0.15) is 72.1 Å². The van der Waals surface area contributed by atoms with Crippen molar-refractivity contribution in [3.05, 3.63) is 0 Å². The minimum Gasteiger partial charge on any atom is -0.396 e. The van der Waals surface area contributed by atoms with Crippen LogP contribution in [0.5, 0.6) is 0 Å². The summed E-state index contributed by atoms with van der Waals surface area (Å²) in [6, 6.07) is 0. The average Bonchev–Trinajstić information content (AvgIpc) is 2.96. The Morgan fingerprint density at radius 2 is 1.62 bits per heavy atom. The van der Waals surface area contributed by atoms with Gasteiger partial charge in [0.15, 0.2) is 6.29 Å². The second-order valence-electron chi connectivity index (χ2n) is 13.2. The maximum absolute atomic E-state index is 11.1. The van der Waals surface area contributed by atoms with Crippen LogP contribution in [0.2, 0.25) is 0 Å². The van der Waals surface area contributed by atoms with Crippen molar-refractivity contribution in [2.24, 2.45) is 34.0 Å². The SMILES string of the molecule is C[C@]1(CO)C[C@H](O[C@@H]2O[C@H](CO)[C@@H](O)[C@@H](O)[C@H]2O)C[C@@]2(C)[C@H]1CC[C@]13C[C@@H](CC[C@@H]12)[C@@](C)(O)C3. The lowest BCUT2D eigenvalue weighted by molar-refractivity contribution is -0.323. The van der Waals surface area contributed by atoms with E-state index >= 15 is 0 Å². The maximum atomic E-state index is 11.1. The monoisotopic (exact) mass is 484 g/mol. The molecule has 8 nitrogen and oxygen atoms in total.